The molecule has 0 aliphatic heterocycles. The summed E-state index contributed by atoms with van der Waals surface area (Å²) < 4.78 is 13.2. The van der Waals surface area contributed by atoms with Crippen molar-refractivity contribution in [1.82, 2.24) is 14.7 Å². The number of hydrogen-bond donors (Lipinski definition) is 0. The van der Waals surface area contributed by atoms with Gasteiger partial charge in [0.05, 0.1) is 0 Å². The van der Waals surface area contributed by atoms with Crippen LogP contribution in [0.5, 0.6) is 0 Å². The smallest absolute Gasteiger partial charge is 0.338 e. The first-order chi connectivity index (χ1) is 16.9. The molecule has 0 rings (SSSR count). The van der Waals surface area contributed by atoms with Crippen molar-refractivity contribution in [3.63, 3.8) is 0 Å². The van der Waals surface area contributed by atoms with Crippen LogP contribution in [-0.4, -0.2) is 95.4 Å². The van der Waals surface area contributed by atoms with E-state index in [1.807, 2.05) is 0 Å². The molecular weight excluding hydrogens is 450 g/mol. The highest BCUT2D eigenvalue weighted by atomic mass is 28.4. The van der Waals surface area contributed by atoms with Crippen LogP contribution in [0.3, 0.4) is 0 Å². The Bertz CT molecular complexity index is 429. The van der Waals surface area contributed by atoms with Crippen molar-refractivity contribution in [1.29, 1.82) is 0 Å². The van der Waals surface area contributed by atoms with Gasteiger partial charge < -0.3 is 23.6 Å². The maximum absolute atomic E-state index is 6.59. The molecule has 0 aliphatic rings. The fourth-order valence-corrected chi connectivity index (χ4v) is 9.30. The zero-order valence-corrected chi connectivity index (χ0v) is 26.6. The molecule has 0 N–H and O–H groups in total. The molecule has 0 saturated carbocycles. The van der Waals surface area contributed by atoms with Crippen LogP contribution in [0.25, 0.3) is 0 Å². The van der Waals surface area contributed by atoms with Gasteiger partial charge in [0.1, 0.15) is 0 Å². The number of rotatable bonds is 25. The van der Waals surface area contributed by atoms with E-state index in [2.05, 4.69) is 77.0 Å². The van der Waals surface area contributed by atoms with Crippen molar-refractivity contribution in [2.45, 2.75) is 113 Å². The van der Waals surface area contributed by atoms with Gasteiger partial charge in [-0.15, -0.1) is 0 Å². The summed E-state index contributed by atoms with van der Waals surface area (Å²) in [7, 11) is -2.26. The molecule has 0 heterocycles. The SMILES string of the molecule is CCCN(CC)CCC(CCN(CC)CCC)(CCN(CC)CCC)C[Si](CC)(OCC)OCC. The third-order valence-corrected chi connectivity index (χ3v) is 11.8. The molecule has 0 spiro atoms. The molecule has 0 aromatic heterocycles. The Kier molecular flexibility index (Phi) is 21.0. The summed E-state index contributed by atoms with van der Waals surface area (Å²) in [5.74, 6) is 0. The molecule has 5 nitrogen and oxygen atoms in total. The minimum atomic E-state index is -2.26. The Morgan fingerprint density at radius 1 is 0.514 bits per heavy atom. The molecule has 0 amide bonds. The van der Waals surface area contributed by atoms with Crippen LogP contribution in [0.1, 0.15) is 101 Å². The van der Waals surface area contributed by atoms with Gasteiger partial charge in [0, 0.05) is 13.2 Å². The van der Waals surface area contributed by atoms with Crippen molar-refractivity contribution < 1.29 is 8.85 Å². The van der Waals surface area contributed by atoms with E-state index in [4.69, 9.17) is 8.85 Å². The first-order valence-electron chi connectivity index (χ1n) is 15.3. The van der Waals surface area contributed by atoms with Crippen LogP contribution in [0.2, 0.25) is 12.1 Å². The van der Waals surface area contributed by atoms with E-state index in [-0.39, 0.29) is 5.41 Å². The number of nitrogens with zero attached hydrogens (tertiary/aromatic N) is 3. The van der Waals surface area contributed by atoms with Crippen LogP contribution in [-0.2, 0) is 8.85 Å². The van der Waals surface area contributed by atoms with E-state index in [1.165, 1.54) is 77.8 Å². The van der Waals surface area contributed by atoms with Crippen LogP contribution in [0.4, 0.5) is 0 Å². The fourth-order valence-electron chi connectivity index (χ4n) is 5.63. The topological polar surface area (TPSA) is 28.2 Å². The first-order valence-corrected chi connectivity index (χ1v) is 17.5. The lowest BCUT2D eigenvalue weighted by Gasteiger charge is -2.44. The van der Waals surface area contributed by atoms with Gasteiger partial charge in [-0.25, -0.2) is 0 Å². The van der Waals surface area contributed by atoms with Crippen LogP contribution in [0.15, 0.2) is 0 Å². The Morgan fingerprint density at radius 2 is 0.857 bits per heavy atom. The second-order valence-electron chi connectivity index (χ2n) is 10.4. The molecule has 0 fully saturated rings. The van der Waals surface area contributed by atoms with Gasteiger partial charge in [-0.05, 0) is 129 Å². The van der Waals surface area contributed by atoms with Crippen LogP contribution in [0, 0.1) is 5.41 Å². The molecule has 0 aliphatic carbocycles. The molecule has 0 aromatic carbocycles. The monoisotopic (exact) mass is 515 g/mol. The van der Waals surface area contributed by atoms with Gasteiger partial charge in [0.15, 0.2) is 0 Å². The minimum absolute atomic E-state index is 0.260. The predicted molar refractivity (Wildman–Crippen MR) is 158 cm³/mol. The van der Waals surface area contributed by atoms with E-state index in [9.17, 15) is 0 Å². The standard InChI is InChI=1S/C29H65N3O2Si/c1-10-22-30(13-4)25-19-29(20-26-31(14-5)23-11-2,21-27-32(15-6)24-12-3)28-35(18-9,33-16-7)34-17-8/h10-28H2,1-9H3. The van der Waals surface area contributed by atoms with Gasteiger partial charge in [-0.3, -0.25) is 0 Å². The highest BCUT2D eigenvalue weighted by Crippen LogP contribution is 2.42. The maximum Gasteiger partial charge on any atom is 0.338 e. The van der Waals surface area contributed by atoms with Gasteiger partial charge in [0.2, 0.25) is 0 Å². The number of hydrogen-bond acceptors (Lipinski definition) is 5. The molecule has 212 valence electrons. The highest BCUT2D eigenvalue weighted by Gasteiger charge is 2.45. The molecule has 0 bridgehead atoms. The second-order valence-corrected chi connectivity index (χ2v) is 13.8. The zero-order valence-electron chi connectivity index (χ0n) is 25.6. The summed E-state index contributed by atoms with van der Waals surface area (Å²) in [4.78, 5) is 8.00. The summed E-state index contributed by atoms with van der Waals surface area (Å²) in [5, 5.41) is 0. The molecule has 0 aromatic rings. The summed E-state index contributed by atoms with van der Waals surface area (Å²) in [6, 6.07) is 2.18. The Morgan fingerprint density at radius 3 is 1.09 bits per heavy atom. The maximum atomic E-state index is 6.59. The molecule has 0 radical (unpaired) electrons. The van der Waals surface area contributed by atoms with E-state index in [0.29, 0.717) is 0 Å². The summed E-state index contributed by atoms with van der Waals surface area (Å²) in [5.41, 5.74) is 0.260. The van der Waals surface area contributed by atoms with E-state index >= 15 is 0 Å². The van der Waals surface area contributed by atoms with Gasteiger partial charge in [-0.2, -0.15) is 0 Å². The molecule has 35 heavy (non-hydrogen) atoms. The molecule has 6 heteroatoms. The normalized spacial score (nSPS) is 13.0. The molecule has 0 saturated heterocycles. The average Bonchev–Trinajstić information content (AvgIpc) is 2.86. The predicted octanol–water partition coefficient (Wildman–Crippen LogP) is 6.87. The van der Waals surface area contributed by atoms with Crippen molar-refractivity contribution in [3.8, 4) is 0 Å². The fraction of sp³-hybridized carbons (Fsp3) is 1.00. The third-order valence-electron chi connectivity index (χ3n) is 7.83. The quantitative estimate of drug-likeness (QED) is 0.124. The second kappa shape index (κ2) is 21.0. The first kappa shape index (κ1) is 35.0. The summed E-state index contributed by atoms with van der Waals surface area (Å²) in [6.07, 6.45) is 7.45. The molecule has 0 unspecified atom stereocenters. The largest absolute Gasteiger partial charge is 0.394 e. The van der Waals surface area contributed by atoms with Crippen molar-refractivity contribution in [3.05, 3.63) is 0 Å². The Hall–Kier alpha value is 0.0169. The lowest BCUT2D eigenvalue weighted by atomic mass is 9.79. The zero-order chi connectivity index (χ0) is 26.6. The van der Waals surface area contributed by atoms with Gasteiger partial charge in [0.25, 0.3) is 0 Å². The van der Waals surface area contributed by atoms with Crippen LogP contribution >= 0.6 is 0 Å². The Labute approximate surface area is 222 Å². The molecule has 0 atom stereocenters. The minimum Gasteiger partial charge on any atom is -0.394 e. The highest BCUT2D eigenvalue weighted by molar-refractivity contribution is 6.67. The molecular formula is C29H65N3O2Si. The summed E-state index contributed by atoms with van der Waals surface area (Å²) >= 11 is 0. The third kappa shape index (κ3) is 13.9. The summed E-state index contributed by atoms with van der Waals surface area (Å²) in [6.45, 7) is 32.6. The van der Waals surface area contributed by atoms with Crippen molar-refractivity contribution >= 4 is 8.56 Å². The van der Waals surface area contributed by atoms with E-state index < -0.39 is 8.56 Å². The average molecular weight is 516 g/mol. The van der Waals surface area contributed by atoms with E-state index in [0.717, 1.165) is 44.9 Å². The van der Waals surface area contributed by atoms with Crippen molar-refractivity contribution in [2.24, 2.45) is 5.41 Å². The van der Waals surface area contributed by atoms with Crippen molar-refractivity contribution in [2.75, 3.05) is 72.1 Å². The Balaban J connectivity index is 6.18. The van der Waals surface area contributed by atoms with E-state index in [1.54, 1.807) is 0 Å². The lowest BCUT2D eigenvalue weighted by Crippen LogP contribution is -2.49. The van der Waals surface area contributed by atoms with Crippen LogP contribution < -0.4 is 0 Å². The van der Waals surface area contributed by atoms with Gasteiger partial charge in [-0.1, -0.05) is 48.5 Å². The van der Waals surface area contributed by atoms with Gasteiger partial charge >= 0.3 is 8.56 Å². The lowest BCUT2D eigenvalue weighted by molar-refractivity contribution is 0.112.